The number of nitrogens with two attached hydrogens (primary N) is 1. The Hall–Kier alpha value is -0.580. The number of rotatable bonds is 6. The first-order chi connectivity index (χ1) is 8.38. The first-order valence-electron chi connectivity index (χ1n) is 6.09. The van der Waals surface area contributed by atoms with Gasteiger partial charge in [0, 0.05) is 17.6 Å². The molecule has 0 aliphatic heterocycles. The smallest absolute Gasteiger partial charge is 0.119 e. The van der Waals surface area contributed by atoms with Crippen molar-refractivity contribution in [3.63, 3.8) is 0 Å². The maximum Gasteiger partial charge on any atom is 0.119 e. The summed E-state index contributed by atoms with van der Waals surface area (Å²) in [5.74, 6) is 0.889. The van der Waals surface area contributed by atoms with Crippen molar-refractivity contribution >= 4 is 15.9 Å². The molecular weight excluding hydrogens is 292 g/mol. The molecule has 1 aromatic carbocycles. The third-order valence-electron chi connectivity index (χ3n) is 2.94. The average Bonchev–Trinajstić information content (AvgIpc) is 2.31. The maximum absolute atomic E-state index is 5.77. The molecule has 1 aromatic rings. The predicted molar refractivity (Wildman–Crippen MR) is 79.9 cm³/mol. The summed E-state index contributed by atoms with van der Waals surface area (Å²) in [5.41, 5.74) is 7.13. The van der Waals surface area contributed by atoms with Crippen LogP contribution in [0.1, 0.15) is 19.4 Å². The van der Waals surface area contributed by atoms with Gasteiger partial charge in [0.2, 0.25) is 0 Å². The fraction of sp³-hybridized carbons (Fsp3) is 0.571. The van der Waals surface area contributed by atoms with E-state index in [0.29, 0.717) is 6.54 Å². The molecular formula is C14H23BrN2O. The average molecular weight is 315 g/mol. The minimum absolute atomic E-state index is 0.139. The molecule has 3 nitrogen and oxygen atoms in total. The molecule has 0 saturated carbocycles. The van der Waals surface area contributed by atoms with Gasteiger partial charge in [-0.2, -0.15) is 0 Å². The lowest BCUT2D eigenvalue weighted by atomic mass is 9.93. The normalized spacial score (nSPS) is 11.9. The van der Waals surface area contributed by atoms with E-state index in [-0.39, 0.29) is 5.41 Å². The van der Waals surface area contributed by atoms with Gasteiger partial charge in [0.1, 0.15) is 5.75 Å². The number of halogens is 1. The van der Waals surface area contributed by atoms with Crippen LogP contribution in [0, 0.1) is 5.41 Å². The van der Waals surface area contributed by atoms with E-state index in [9.17, 15) is 0 Å². The lowest BCUT2D eigenvalue weighted by Crippen LogP contribution is -2.36. The molecule has 0 atom stereocenters. The zero-order valence-corrected chi connectivity index (χ0v) is 13.3. The summed E-state index contributed by atoms with van der Waals surface area (Å²) in [4.78, 5) is 2.28. The van der Waals surface area contributed by atoms with Crippen molar-refractivity contribution in [2.75, 3.05) is 27.2 Å². The number of methoxy groups -OCH3 is 1. The van der Waals surface area contributed by atoms with E-state index in [1.165, 1.54) is 5.56 Å². The SMILES string of the molecule is COc1ccc(Br)c(CN(C)CC(C)(C)CN)c1. The summed E-state index contributed by atoms with van der Waals surface area (Å²) in [5, 5.41) is 0. The molecule has 18 heavy (non-hydrogen) atoms. The predicted octanol–water partition coefficient (Wildman–Crippen LogP) is 2.87. The zero-order valence-electron chi connectivity index (χ0n) is 11.7. The van der Waals surface area contributed by atoms with E-state index in [1.807, 2.05) is 12.1 Å². The Balaban J connectivity index is 2.72. The molecule has 0 spiro atoms. The van der Waals surface area contributed by atoms with Crippen LogP contribution >= 0.6 is 15.9 Å². The molecule has 0 amide bonds. The van der Waals surface area contributed by atoms with Crippen molar-refractivity contribution in [3.05, 3.63) is 28.2 Å². The van der Waals surface area contributed by atoms with Crippen molar-refractivity contribution in [2.24, 2.45) is 11.1 Å². The van der Waals surface area contributed by atoms with Gasteiger partial charge in [-0.05, 0) is 42.8 Å². The summed E-state index contributed by atoms with van der Waals surface area (Å²) in [6.45, 7) is 6.90. The Morgan fingerprint density at radius 2 is 2.06 bits per heavy atom. The summed E-state index contributed by atoms with van der Waals surface area (Å²) in [7, 11) is 3.80. The molecule has 0 fully saturated rings. The van der Waals surface area contributed by atoms with Gasteiger partial charge in [-0.3, -0.25) is 0 Å². The summed E-state index contributed by atoms with van der Waals surface area (Å²) in [6.07, 6.45) is 0. The number of hydrogen-bond donors (Lipinski definition) is 1. The Kier molecular flexibility index (Phi) is 5.63. The zero-order chi connectivity index (χ0) is 13.8. The summed E-state index contributed by atoms with van der Waals surface area (Å²) < 4.78 is 6.37. The second kappa shape index (κ2) is 6.55. The van der Waals surface area contributed by atoms with E-state index >= 15 is 0 Å². The largest absolute Gasteiger partial charge is 0.497 e. The van der Waals surface area contributed by atoms with Crippen LogP contribution in [0.2, 0.25) is 0 Å². The summed E-state index contributed by atoms with van der Waals surface area (Å²) in [6, 6.07) is 6.05. The topological polar surface area (TPSA) is 38.5 Å². The van der Waals surface area contributed by atoms with Crippen molar-refractivity contribution in [1.29, 1.82) is 0 Å². The first-order valence-corrected chi connectivity index (χ1v) is 6.88. The fourth-order valence-electron chi connectivity index (χ4n) is 1.94. The van der Waals surface area contributed by atoms with Crippen LogP contribution in [0.3, 0.4) is 0 Å². The fourth-order valence-corrected chi connectivity index (χ4v) is 2.31. The van der Waals surface area contributed by atoms with Crippen LogP contribution in [0.4, 0.5) is 0 Å². The van der Waals surface area contributed by atoms with Crippen molar-refractivity contribution < 1.29 is 4.74 Å². The van der Waals surface area contributed by atoms with Gasteiger partial charge in [-0.15, -0.1) is 0 Å². The monoisotopic (exact) mass is 314 g/mol. The van der Waals surface area contributed by atoms with Crippen molar-refractivity contribution in [3.8, 4) is 5.75 Å². The molecule has 0 aliphatic carbocycles. The minimum Gasteiger partial charge on any atom is -0.497 e. The number of nitrogens with zero attached hydrogens (tertiary/aromatic N) is 1. The Labute approximate surface area is 118 Å². The molecule has 0 radical (unpaired) electrons. The standard InChI is InChI=1S/C14H23BrN2O/c1-14(2,9-16)10-17(3)8-11-7-12(18-4)5-6-13(11)15/h5-7H,8-10,16H2,1-4H3. The molecule has 0 aromatic heterocycles. The third-order valence-corrected chi connectivity index (χ3v) is 3.72. The van der Waals surface area contributed by atoms with Gasteiger partial charge >= 0.3 is 0 Å². The first kappa shape index (κ1) is 15.5. The third kappa shape index (κ3) is 4.59. The molecule has 0 heterocycles. The lowest BCUT2D eigenvalue weighted by Gasteiger charge is -2.29. The van der Waals surface area contributed by atoms with Gasteiger partial charge in [-0.25, -0.2) is 0 Å². The molecule has 4 heteroatoms. The van der Waals surface area contributed by atoms with Crippen LogP contribution in [-0.4, -0.2) is 32.1 Å². The minimum atomic E-state index is 0.139. The highest BCUT2D eigenvalue weighted by Gasteiger charge is 2.18. The Bertz CT molecular complexity index is 393. The summed E-state index contributed by atoms with van der Waals surface area (Å²) >= 11 is 3.58. The second-order valence-electron chi connectivity index (χ2n) is 5.50. The van der Waals surface area contributed by atoms with E-state index < -0.39 is 0 Å². The molecule has 0 aliphatic rings. The maximum atomic E-state index is 5.77. The van der Waals surface area contributed by atoms with Crippen LogP contribution in [-0.2, 0) is 6.54 Å². The molecule has 2 N–H and O–H groups in total. The van der Waals surface area contributed by atoms with Crippen LogP contribution in [0.5, 0.6) is 5.75 Å². The van der Waals surface area contributed by atoms with E-state index in [4.69, 9.17) is 10.5 Å². The Morgan fingerprint density at radius 1 is 1.39 bits per heavy atom. The molecule has 1 rings (SSSR count). The van der Waals surface area contributed by atoms with Gasteiger partial charge in [0.05, 0.1) is 7.11 Å². The van der Waals surface area contributed by atoms with Gasteiger partial charge in [0.15, 0.2) is 0 Å². The van der Waals surface area contributed by atoms with E-state index in [1.54, 1.807) is 7.11 Å². The second-order valence-corrected chi connectivity index (χ2v) is 6.35. The van der Waals surface area contributed by atoms with E-state index in [2.05, 4.69) is 47.8 Å². The molecule has 0 saturated heterocycles. The van der Waals surface area contributed by atoms with Gasteiger partial charge in [-0.1, -0.05) is 29.8 Å². The van der Waals surface area contributed by atoms with Crippen molar-refractivity contribution in [1.82, 2.24) is 4.90 Å². The number of benzene rings is 1. The Morgan fingerprint density at radius 3 is 2.61 bits per heavy atom. The van der Waals surface area contributed by atoms with Crippen molar-refractivity contribution in [2.45, 2.75) is 20.4 Å². The van der Waals surface area contributed by atoms with Crippen LogP contribution in [0.15, 0.2) is 22.7 Å². The number of ether oxygens (including phenoxy) is 1. The van der Waals surface area contributed by atoms with Gasteiger partial charge in [0.25, 0.3) is 0 Å². The molecule has 0 bridgehead atoms. The highest BCUT2D eigenvalue weighted by Crippen LogP contribution is 2.24. The van der Waals surface area contributed by atoms with E-state index in [0.717, 1.165) is 23.3 Å². The van der Waals surface area contributed by atoms with Crippen LogP contribution < -0.4 is 10.5 Å². The van der Waals surface area contributed by atoms with Gasteiger partial charge < -0.3 is 15.4 Å². The highest BCUT2D eigenvalue weighted by molar-refractivity contribution is 9.10. The number of hydrogen-bond acceptors (Lipinski definition) is 3. The molecule has 0 unspecified atom stereocenters. The quantitative estimate of drug-likeness (QED) is 0.877. The lowest BCUT2D eigenvalue weighted by molar-refractivity contribution is 0.209. The van der Waals surface area contributed by atoms with Crippen LogP contribution in [0.25, 0.3) is 0 Å². The molecule has 102 valence electrons. The highest BCUT2D eigenvalue weighted by atomic mass is 79.9.